The van der Waals surface area contributed by atoms with Crippen molar-refractivity contribution in [2.45, 2.75) is 39.5 Å². The molecule has 2 N–H and O–H groups in total. The molecule has 0 unspecified atom stereocenters. The lowest BCUT2D eigenvalue weighted by Crippen LogP contribution is -2.12. The molecule has 0 heterocycles. The monoisotopic (exact) mass is 257 g/mol. The van der Waals surface area contributed by atoms with Gasteiger partial charge in [0.25, 0.3) is 0 Å². The van der Waals surface area contributed by atoms with Crippen molar-refractivity contribution in [2.75, 3.05) is 13.2 Å². The maximum atomic E-state index is 5.66. The molecule has 3 heteroatoms. The summed E-state index contributed by atoms with van der Waals surface area (Å²) < 4.78 is 5.66. The third-order valence-corrected chi connectivity index (χ3v) is 2.65. The van der Waals surface area contributed by atoms with Crippen molar-refractivity contribution < 1.29 is 4.74 Å². The minimum atomic E-state index is 0. The van der Waals surface area contributed by atoms with Crippen LogP contribution >= 0.6 is 12.4 Å². The number of benzene rings is 1. The second-order valence-electron chi connectivity index (χ2n) is 5.22. The molecule has 0 bridgehead atoms. The molecule has 0 saturated heterocycles. The predicted molar refractivity (Wildman–Crippen MR) is 76.3 cm³/mol. The Morgan fingerprint density at radius 2 is 1.88 bits per heavy atom. The fourth-order valence-corrected chi connectivity index (χ4v) is 1.54. The molecule has 0 aliphatic rings. The largest absolute Gasteiger partial charge is 0.493 e. The van der Waals surface area contributed by atoms with E-state index in [1.165, 1.54) is 11.1 Å². The van der Waals surface area contributed by atoms with Gasteiger partial charge < -0.3 is 10.5 Å². The summed E-state index contributed by atoms with van der Waals surface area (Å²) in [6, 6.07) is 6.41. The molecule has 0 spiro atoms. The highest BCUT2D eigenvalue weighted by Gasteiger charge is 2.14. The summed E-state index contributed by atoms with van der Waals surface area (Å²) in [5.41, 5.74) is 8.17. The first-order valence-electron chi connectivity index (χ1n) is 5.89. The maximum Gasteiger partial charge on any atom is 0.122 e. The summed E-state index contributed by atoms with van der Waals surface area (Å²) in [5, 5.41) is 0. The topological polar surface area (TPSA) is 35.2 Å². The van der Waals surface area contributed by atoms with E-state index in [-0.39, 0.29) is 17.8 Å². The number of rotatable bonds is 4. The minimum Gasteiger partial charge on any atom is -0.493 e. The highest BCUT2D eigenvalue weighted by molar-refractivity contribution is 5.85. The molecule has 0 aliphatic carbocycles. The van der Waals surface area contributed by atoms with Crippen molar-refractivity contribution in [1.82, 2.24) is 0 Å². The zero-order chi connectivity index (χ0) is 12.2. The predicted octanol–water partition coefficient (Wildman–Crippen LogP) is 3.44. The molecular formula is C14H24ClNO. The molecule has 1 rings (SSSR count). The second kappa shape index (κ2) is 6.87. The zero-order valence-corrected chi connectivity index (χ0v) is 12.1. The lowest BCUT2D eigenvalue weighted by atomic mass is 9.86. The Morgan fingerprint density at radius 3 is 2.35 bits per heavy atom. The summed E-state index contributed by atoms with van der Waals surface area (Å²) in [4.78, 5) is 0. The summed E-state index contributed by atoms with van der Waals surface area (Å²) >= 11 is 0. The van der Waals surface area contributed by atoms with Gasteiger partial charge in [0.2, 0.25) is 0 Å². The molecule has 0 aliphatic heterocycles. The lowest BCUT2D eigenvalue weighted by Gasteiger charge is -2.20. The van der Waals surface area contributed by atoms with E-state index in [4.69, 9.17) is 10.5 Å². The molecule has 98 valence electrons. The molecule has 0 atom stereocenters. The average molecular weight is 258 g/mol. The molecule has 2 nitrogen and oxygen atoms in total. The Labute approximate surface area is 111 Å². The van der Waals surface area contributed by atoms with Gasteiger partial charge in [-0.1, -0.05) is 32.9 Å². The SMILES string of the molecule is Cc1cc(C(C)(C)C)ccc1OCCCN.Cl. The van der Waals surface area contributed by atoms with Gasteiger partial charge in [0.05, 0.1) is 6.61 Å². The molecule has 0 fully saturated rings. The zero-order valence-electron chi connectivity index (χ0n) is 11.2. The molecule has 17 heavy (non-hydrogen) atoms. The van der Waals surface area contributed by atoms with E-state index in [2.05, 4.69) is 45.9 Å². The normalized spacial score (nSPS) is 10.9. The van der Waals surface area contributed by atoms with Crippen molar-refractivity contribution in [3.05, 3.63) is 29.3 Å². The molecule has 0 aromatic heterocycles. The summed E-state index contributed by atoms with van der Waals surface area (Å²) in [7, 11) is 0. The fourth-order valence-electron chi connectivity index (χ4n) is 1.54. The van der Waals surface area contributed by atoms with Crippen molar-refractivity contribution in [3.63, 3.8) is 0 Å². The van der Waals surface area contributed by atoms with E-state index in [9.17, 15) is 0 Å². The maximum absolute atomic E-state index is 5.66. The van der Waals surface area contributed by atoms with E-state index in [0.29, 0.717) is 13.2 Å². The van der Waals surface area contributed by atoms with E-state index in [1.54, 1.807) is 0 Å². The second-order valence-corrected chi connectivity index (χ2v) is 5.22. The number of hydrogen-bond donors (Lipinski definition) is 1. The van der Waals surface area contributed by atoms with Crippen LogP contribution in [0.5, 0.6) is 5.75 Å². The van der Waals surface area contributed by atoms with Gasteiger partial charge in [0.1, 0.15) is 5.75 Å². The lowest BCUT2D eigenvalue weighted by molar-refractivity contribution is 0.311. The van der Waals surface area contributed by atoms with Crippen molar-refractivity contribution in [2.24, 2.45) is 5.73 Å². The van der Waals surface area contributed by atoms with Crippen LogP contribution in [-0.4, -0.2) is 13.2 Å². The van der Waals surface area contributed by atoms with Crippen LogP contribution in [0.3, 0.4) is 0 Å². The standard InChI is InChI=1S/C14H23NO.ClH/c1-11-10-12(14(2,3)4)6-7-13(11)16-9-5-8-15;/h6-7,10H,5,8-9,15H2,1-4H3;1H. The van der Waals surface area contributed by atoms with E-state index < -0.39 is 0 Å². The third kappa shape index (κ3) is 4.97. The van der Waals surface area contributed by atoms with Gasteiger partial charge in [0.15, 0.2) is 0 Å². The van der Waals surface area contributed by atoms with Crippen molar-refractivity contribution >= 4 is 12.4 Å². The van der Waals surface area contributed by atoms with Crippen LogP contribution in [0.1, 0.15) is 38.3 Å². The van der Waals surface area contributed by atoms with Crippen molar-refractivity contribution in [1.29, 1.82) is 0 Å². The number of nitrogens with two attached hydrogens (primary N) is 1. The van der Waals surface area contributed by atoms with Crippen LogP contribution in [0.2, 0.25) is 0 Å². The third-order valence-electron chi connectivity index (χ3n) is 2.65. The fraction of sp³-hybridized carbons (Fsp3) is 0.571. The van der Waals surface area contributed by atoms with Crippen LogP contribution in [0.4, 0.5) is 0 Å². The van der Waals surface area contributed by atoms with E-state index in [0.717, 1.165) is 12.2 Å². The van der Waals surface area contributed by atoms with Crippen LogP contribution in [-0.2, 0) is 5.41 Å². The van der Waals surface area contributed by atoms with Crippen LogP contribution in [0, 0.1) is 6.92 Å². The minimum absolute atomic E-state index is 0. The van der Waals surface area contributed by atoms with Gasteiger partial charge in [-0.05, 0) is 42.5 Å². The molecule has 1 aromatic rings. The summed E-state index contributed by atoms with van der Waals surface area (Å²) in [5.74, 6) is 0.974. The highest BCUT2D eigenvalue weighted by Crippen LogP contribution is 2.27. The first-order chi connectivity index (χ1) is 7.45. The summed E-state index contributed by atoms with van der Waals surface area (Å²) in [6.07, 6.45) is 0.903. The quantitative estimate of drug-likeness (QED) is 0.839. The Balaban J connectivity index is 0.00000256. The first kappa shape index (κ1) is 16.3. The number of hydrogen-bond acceptors (Lipinski definition) is 2. The molecule has 1 aromatic carbocycles. The highest BCUT2D eigenvalue weighted by atomic mass is 35.5. The average Bonchev–Trinajstić information content (AvgIpc) is 2.19. The van der Waals surface area contributed by atoms with Crippen LogP contribution < -0.4 is 10.5 Å². The van der Waals surface area contributed by atoms with E-state index in [1.807, 2.05) is 0 Å². The Hall–Kier alpha value is -0.730. The van der Waals surface area contributed by atoms with E-state index >= 15 is 0 Å². The number of aryl methyl sites for hydroxylation is 1. The molecular weight excluding hydrogens is 234 g/mol. The van der Waals surface area contributed by atoms with Gasteiger partial charge in [-0.15, -0.1) is 12.4 Å². The van der Waals surface area contributed by atoms with Crippen LogP contribution in [0.25, 0.3) is 0 Å². The number of halogens is 1. The van der Waals surface area contributed by atoms with Gasteiger partial charge >= 0.3 is 0 Å². The Bertz CT molecular complexity index is 345. The molecule has 0 radical (unpaired) electrons. The number of ether oxygens (including phenoxy) is 1. The van der Waals surface area contributed by atoms with Crippen molar-refractivity contribution in [3.8, 4) is 5.75 Å². The smallest absolute Gasteiger partial charge is 0.122 e. The van der Waals surface area contributed by atoms with Gasteiger partial charge in [-0.25, -0.2) is 0 Å². The summed E-state index contributed by atoms with van der Waals surface area (Å²) in [6.45, 7) is 10.1. The van der Waals surface area contributed by atoms with Gasteiger partial charge in [-0.2, -0.15) is 0 Å². The molecule has 0 amide bonds. The molecule has 0 saturated carbocycles. The van der Waals surface area contributed by atoms with Gasteiger partial charge in [0, 0.05) is 0 Å². The Kier molecular flexibility index (Phi) is 6.58. The first-order valence-corrected chi connectivity index (χ1v) is 5.89. The Morgan fingerprint density at radius 1 is 1.24 bits per heavy atom. The van der Waals surface area contributed by atoms with Crippen LogP contribution in [0.15, 0.2) is 18.2 Å². The van der Waals surface area contributed by atoms with Gasteiger partial charge in [-0.3, -0.25) is 0 Å².